The first-order chi connectivity index (χ1) is 20.2. The molecule has 2 aliphatic rings. The summed E-state index contributed by atoms with van der Waals surface area (Å²) in [6.07, 6.45) is 2.58. The number of aromatic amines is 2. The van der Waals surface area contributed by atoms with Gasteiger partial charge in [0.05, 0.1) is 16.2 Å². The van der Waals surface area contributed by atoms with Crippen molar-refractivity contribution >= 4 is 34.2 Å². The van der Waals surface area contributed by atoms with E-state index < -0.39 is 6.10 Å². The van der Waals surface area contributed by atoms with Gasteiger partial charge in [-0.3, -0.25) is 9.59 Å². The predicted molar refractivity (Wildman–Crippen MR) is 163 cm³/mol. The van der Waals surface area contributed by atoms with Crippen LogP contribution in [0.2, 0.25) is 5.02 Å². The van der Waals surface area contributed by atoms with Crippen LogP contribution in [-0.4, -0.2) is 81.2 Å². The van der Waals surface area contributed by atoms with Crippen molar-refractivity contribution in [2.75, 3.05) is 38.6 Å². The SMILES string of the molecule is Cc1ccc(OC[C@H](O)CNc2cc[nH]c(=O)c2-c2nc3c(Cl)c4c(cc3[nH]2)C(=O)N(C2CCN(C)CC2)C4)c(C)c1. The lowest BCUT2D eigenvalue weighted by atomic mass is 10.0. The number of pyridine rings is 1. The van der Waals surface area contributed by atoms with Gasteiger partial charge in [0.25, 0.3) is 11.5 Å². The molecule has 0 radical (unpaired) electrons. The van der Waals surface area contributed by atoms with Crippen LogP contribution in [0.25, 0.3) is 22.4 Å². The lowest BCUT2D eigenvalue weighted by molar-refractivity contribution is 0.0617. The van der Waals surface area contributed by atoms with Gasteiger partial charge in [0.2, 0.25) is 0 Å². The van der Waals surface area contributed by atoms with E-state index >= 15 is 0 Å². The second-order valence-electron chi connectivity index (χ2n) is 11.4. The monoisotopic (exact) mass is 590 g/mol. The number of benzene rings is 2. The van der Waals surface area contributed by atoms with Crippen molar-refractivity contribution in [3.8, 4) is 17.1 Å². The molecule has 6 rings (SSSR count). The van der Waals surface area contributed by atoms with E-state index in [-0.39, 0.29) is 36.2 Å². The van der Waals surface area contributed by atoms with Gasteiger partial charge in [0, 0.05) is 36.5 Å². The topological polar surface area (TPSA) is 127 Å². The standard InChI is InChI=1S/C31H35ClN6O4/c1-17-4-5-25(18(2)12-17)42-16-20(39)14-34-23-6-9-33-30(40)26(23)29-35-24-13-21-22(27(32)28(24)36-29)15-38(31(21)41)19-7-10-37(3)11-8-19/h4-6,9,12-13,19-20,39H,7-8,10-11,14-16H2,1-3H3,(H,35,36)(H2,33,34,40)/t20-/m1/s1. The van der Waals surface area contributed by atoms with Gasteiger partial charge in [-0.2, -0.15) is 0 Å². The number of hydrogen-bond donors (Lipinski definition) is 4. The Morgan fingerprint density at radius 1 is 1.19 bits per heavy atom. The van der Waals surface area contributed by atoms with Crippen molar-refractivity contribution in [2.24, 2.45) is 0 Å². The zero-order chi connectivity index (χ0) is 29.5. The molecular weight excluding hydrogens is 556 g/mol. The molecule has 4 aromatic rings. The number of halogens is 1. The Morgan fingerprint density at radius 2 is 1.98 bits per heavy atom. The molecule has 4 heterocycles. The molecule has 0 aliphatic carbocycles. The molecule has 2 aliphatic heterocycles. The van der Waals surface area contributed by atoms with E-state index in [1.165, 1.54) is 6.20 Å². The third kappa shape index (κ3) is 5.37. The van der Waals surface area contributed by atoms with E-state index in [1.807, 2.05) is 36.9 Å². The number of likely N-dealkylation sites (tertiary alicyclic amines) is 1. The summed E-state index contributed by atoms with van der Waals surface area (Å²) in [5, 5.41) is 14.2. The Kier molecular flexibility index (Phi) is 7.69. The molecule has 10 nitrogen and oxygen atoms in total. The van der Waals surface area contributed by atoms with E-state index in [4.69, 9.17) is 21.3 Å². The molecule has 0 unspecified atom stereocenters. The molecule has 1 amide bonds. The summed E-state index contributed by atoms with van der Waals surface area (Å²) in [6, 6.07) is 9.58. The molecule has 220 valence electrons. The van der Waals surface area contributed by atoms with Crippen molar-refractivity contribution < 1.29 is 14.6 Å². The molecule has 0 spiro atoms. The number of hydrogen-bond acceptors (Lipinski definition) is 7. The summed E-state index contributed by atoms with van der Waals surface area (Å²) in [6.45, 7) is 6.60. The first kappa shape index (κ1) is 28.3. The highest BCUT2D eigenvalue weighted by molar-refractivity contribution is 6.36. The van der Waals surface area contributed by atoms with E-state index in [2.05, 4.69) is 27.2 Å². The van der Waals surface area contributed by atoms with Crippen LogP contribution in [0.15, 0.2) is 41.3 Å². The van der Waals surface area contributed by atoms with Crippen LogP contribution in [0.3, 0.4) is 0 Å². The van der Waals surface area contributed by atoms with E-state index in [0.717, 1.165) is 48.4 Å². The van der Waals surface area contributed by atoms with Gasteiger partial charge in [0.15, 0.2) is 0 Å². The Labute approximate surface area is 248 Å². The number of aliphatic hydroxyl groups is 1. The second kappa shape index (κ2) is 11.4. The van der Waals surface area contributed by atoms with E-state index in [9.17, 15) is 14.7 Å². The summed E-state index contributed by atoms with van der Waals surface area (Å²) in [5.41, 5.74) is 5.02. The molecule has 1 atom stereocenters. The van der Waals surface area contributed by atoms with E-state index in [1.54, 1.807) is 12.1 Å². The molecule has 11 heteroatoms. The number of anilines is 1. The lowest BCUT2D eigenvalue weighted by Gasteiger charge is -2.34. The number of amides is 1. The smallest absolute Gasteiger partial charge is 0.261 e. The van der Waals surface area contributed by atoms with Crippen molar-refractivity contribution in [1.82, 2.24) is 24.8 Å². The van der Waals surface area contributed by atoms with Crippen LogP contribution >= 0.6 is 11.6 Å². The highest BCUT2D eigenvalue weighted by Gasteiger charge is 2.36. The van der Waals surface area contributed by atoms with Crippen LogP contribution < -0.4 is 15.6 Å². The minimum atomic E-state index is -0.829. The maximum Gasteiger partial charge on any atom is 0.261 e. The fourth-order valence-electron chi connectivity index (χ4n) is 5.91. The Morgan fingerprint density at radius 3 is 2.74 bits per heavy atom. The molecule has 0 bridgehead atoms. The molecular formula is C31H35ClN6O4. The van der Waals surface area contributed by atoms with Gasteiger partial charge >= 0.3 is 0 Å². The first-order valence-corrected chi connectivity index (χ1v) is 14.6. The van der Waals surface area contributed by atoms with Gasteiger partial charge in [-0.15, -0.1) is 0 Å². The van der Waals surface area contributed by atoms with Crippen LogP contribution in [0, 0.1) is 13.8 Å². The van der Waals surface area contributed by atoms with Gasteiger partial charge < -0.3 is 34.9 Å². The maximum absolute atomic E-state index is 13.4. The Hall–Kier alpha value is -3.86. The second-order valence-corrected chi connectivity index (χ2v) is 11.8. The van der Waals surface area contributed by atoms with Crippen LogP contribution in [0.4, 0.5) is 5.69 Å². The fraction of sp³-hybridized carbons (Fsp3) is 0.387. The number of ether oxygens (including phenoxy) is 1. The number of aliphatic hydroxyl groups excluding tert-OH is 1. The molecule has 1 saturated heterocycles. The van der Waals surface area contributed by atoms with Crippen molar-refractivity contribution in [1.29, 1.82) is 0 Å². The number of H-pyrrole nitrogens is 2. The number of aryl methyl sites for hydroxylation is 2. The maximum atomic E-state index is 13.4. The molecule has 4 N–H and O–H groups in total. The normalized spacial score (nSPS) is 16.7. The number of nitrogens with zero attached hydrogens (tertiary/aromatic N) is 3. The van der Waals surface area contributed by atoms with Crippen LogP contribution in [0.5, 0.6) is 5.75 Å². The first-order valence-electron chi connectivity index (χ1n) is 14.2. The lowest BCUT2D eigenvalue weighted by Crippen LogP contribution is -2.43. The van der Waals surface area contributed by atoms with Gasteiger partial charge in [0.1, 0.15) is 35.4 Å². The largest absolute Gasteiger partial charge is 0.491 e. The van der Waals surface area contributed by atoms with Crippen molar-refractivity contribution in [2.45, 2.75) is 45.4 Å². The van der Waals surface area contributed by atoms with Crippen LogP contribution in [0.1, 0.15) is 39.9 Å². The minimum Gasteiger partial charge on any atom is -0.491 e. The highest BCUT2D eigenvalue weighted by Crippen LogP contribution is 2.38. The molecule has 1 fully saturated rings. The number of nitrogens with one attached hydrogen (secondary N) is 3. The van der Waals surface area contributed by atoms with Gasteiger partial charge in [-0.1, -0.05) is 29.3 Å². The predicted octanol–water partition coefficient (Wildman–Crippen LogP) is 4.09. The summed E-state index contributed by atoms with van der Waals surface area (Å²) in [5.74, 6) is 1.02. The summed E-state index contributed by atoms with van der Waals surface area (Å²) < 4.78 is 5.81. The number of imidazole rings is 1. The molecule has 0 saturated carbocycles. The molecule has 42 heavy (non-hydrogen) atoms. The summed E-state index contributed by atoms with van der Waals surface area (Å²) in [7, 11) is 2.10. The van der Waals surface area contributed by atoms with Crippen LogP contribution in [-0.2, 0) is 6.54 Å². The zero-order valence-electron chi connectivity index (χ0n) is 24.0. The number of carbonyl (C=O) groups is 1. The fourth-order valence-corrected chi connectivity index (χ4v) is 6.21. The number of carbonyl (C=O) groups excluding carboxylic acids is 1. The Bertz CT molecular complexity index is 1710. The molecule has 2 aromatic heterocycles. The van der Waals surface area contributed by atoms with Crippen molar-refractivity contribution in [3.63, 3.8) is 0 Å². The quantitative estimate of drug-likeness (QED) is 0.243. The summed E-state index contributed by atoms with van der Waals surface area (Å²) in [4.78, 5) is 41.2. The van der Waals surface area contributed by atoms with Gasteiger partial charge in [-0.25, -0.2) is 4.98 Å². The van der Waals surface area contributed by atoms with Crippen molar-refractivity contribution in [3.05, 3.63) is 74.2 Å². The van der Waals surface area contributed by atoms with E-state index in [0.29, 0.717) is 39.7 Å². The zero-order valence-corrected chi connectivity index (χ0v) is 24.7. The summed E-state index contributed by atoms with van der Waals surface area (Å²) >= 11 is 6.85. The molecule has 2 aromatic carbocycles. The average Bonchev–Trinajstić information content (AvgIpc) is 3.53. The number of fused-ring (bicyclic) bond motifs is 2. The highest BCUT2D eigenvalue weighted by atomic mass is 35.5. The number of piperidine rings is 1. The number of rotatable bonds is 8. The number of aromatic nitrogens is 3. The van der Waals surface area contributed by atoms with Gasteiger partial charge in [-0.05, 0) is 70.6 Å². The average molecular weight is 591 g/mol. The third-order valence-corrected chi connectivity index (χ3v) is 8.66. The minimum absolute atomic E-state index is 0.0172. The Balaban J connectivity index is 1.21. The third-order valence-electron chi connectivity index (χ3n) is 8.25.